The lowest BCUT2D eigenvalue weighted by molar-refractivity contribution is 0.407. The van der Waals surface area contributed by atoms with Crippen LogP contribution in [0.1, 0.15) is 0 Å². The molecule has 0 bridgehead atoms. The Morgan fingerprint density at radius 3 is 2.41 bits per heavy atom. The van der Waals surface area contributed by atoms with Gasteiger partial charge in [-0.15, -0.1) is 12.4 Å². The first-order valence-corrected chi connectivity index (χ1v) is 6.35. The fourth-order valence-electron chi connectivity index (χ4n) is 1.26. The number of rotatable bonds is 4. The van der Waals surface area contributed by atoms with E-state index in [0.29, 0.717) is 11.4 Å². The Hall–Kier alpha value is -0.955. The second-order valence-corrected chi connectivity index (χ2v) is 5.28. The van der Waals surface area contributed by atoms with Crippen LogP contribution in [0.5, 0.6) is 0 Å². The van der Waals surface area contributed by atoms with Crippen LogP contribution < -0.4 is 10.0 Å². The molecule has 0 aliphatic carbocycles. The van der Waals surface area contributed by atoms with Gasteiger partial charge in [-0.25, -0.2) is 8.42 Å². The zero-order valence-corrected chi connectivity index (χ0v) is 10.8. The third-order valence-electron chi connectivity index (χ3n) is 1.89. The maximum atomic E-state index is 11.4. The highest BCUT2D eigenvalue weighted by Gasteiger charge is 2.23. The van der Waals surface area contributed by atoms with E-state index < -0.39 is 23.6 Å². The Morgan fingerprint density at radius 2 is 2.00 bits per heavy atom. The predicted molar refractivity (Wildman–Crippen MR) is 70.5 cm³/mol. The van der Waals surface area contributed by atoms with E-state index in [1.54, 1.807) is 12.1 Å². The fraction of sp³-hybridized carbons (Fsp3) is 0.250. The smallest absolute Gasteiger partial charge is 0.426 e. The van der Waals surface area contributed by atoms with Gasteiger partial charge in [-0.05, 0) is 18.2 Å². The van der Waals surface area contributed by atoms with Crippen LogP contribution in [0.15, 0.2) is 24.3 Å². The zero-order valence-electron chi connectivity index (χ0n) is 9.15. The van der Waals surface area contributed by atoms with Gasteiger partial charge in [0, 0.05) is 5.69 Å². The highest BCUT2D eigenvalue weighted by Crippen LogP contribution is 2.19. The lowest BCUT2D eigenvalue weighted by atomic mass is 9.92. The number of nitrogen functional groups attached to an aromatic ring is 1. The summed E-state index contributed by atoms with van der Waals surface area (Å²) in [5, 5.41) is 17.7. The Labute approximate surface area is 107 Å². The molecule has 1 aromatic carbocycles. The molecule has 17 heavy (non-hydrogen) atoms. The summed E-state index contributed by atoms with van der Waals surface area (Å²) in [6.07, 6.45) is 0.556. The quantitative estimate of drug-likeness (QED) is 0.508. The summed E-state index contributed by atoms with van der Waals surface area (Å²) < 4.78 is 23.8. The van der Waals surface area contributed by atoms with Crippen molar-refractivity contribution in [3.63, 3.8) is 0 Å². The maximum Gasteiger partial charge on any atom is 0.473 e. The summed E-state index contributed by atoms with van der Waals surface area (Å²) in [7, 11) is -5.31. The fourth-order valence-corrected chi connectivity index (χ4v) is 2.16. The summed E-state index contributed by atoms with van der Waals surface area (Å²) in [4.78, 5) is 0. The van der Waals surface area contributed by atoms with Gasteiger partial charge in [0.1, 0.15) is 0 Å². The Balaban J connectivity index is 0.00000256. The van der Waals surface area contributed by atoms with Crippen LogP contribution in [0.3, 0.4) is 0 Å². The van der Waals surface area contributed by atoms with Crippen molar-refractivity contribution in [1.29, 1.82) is 0 Å². The molecule has 1 aromatic rings. The van der Waals surface area contributed by atoms with E-state index in [9.17, 15) is 8.42 Å². The molecule has 0 atom stereocenters. The van der Waals surface area contributed by atoms with Crippen LogP contribution in [-0.4, -0.2) is 38.3 Å². The van der Waals surface area contributed by atoms with Crippen LogP contribution in [0.2, 0.25) is 0 Å². The number of anilines is 2. The monoisotopic (exact) mass is 280 g/mol. The lowest BCUT2D eigenvalue weighted by Gasteiger charge is -2.22. The van der Waals surface area contributed by atoms with Crippen molar-refractivity contribution in [2.45, 2.75) is 0 Å². The van der Waals surface area contributed by atoms with Gasteiger partial charge in [0.25, 0.3) is 0 Å². The van der Waals surface area contributed by atoms with Crippen molar-refractivity contribution in [2.75, 3.05) is 22.7 Å². The standard InChI is InChI=1S/C8H13BN2O4S.ClH/c1-16(14,15)11(6-9(12)13)8-4-2-3-7(10)5-8;/h2-5,12-13H,6,10H2,1H3;1H. The molecule has 96 valence electrons. The average Bonchev–Trinajstić information content (AvgIpc) is 2.12. The molecule has 0 aliphatic rings. The van der Waals surface area contributed by atoms with Crippen molar-refractivity contribution in [2.24, 2.45) is 0 Å². The number of hydrogen-bond donors (Lipinski definition) is 3. The summed E-state index contributed by atoms with van der Waals surface area (Å²) in [5.41, 5.74) is 6.23. The summed E-state index contributed by atoms with van der Waals surface area (Å²) in [5.74, 6) is 0. The second kappa shape index (κ2) is 6.11. The number of nitrogens with zero attached hydrogens (tertiary/aromatic N) is 1. The van der Waals surface area contributed by atoms with Crippen LogP contribution in [-0.2, 0) is 10.0 Å². The molecule has 0 amide bonds. The number of benzene rings is 1. The predicted octanol–water partition coefficient (Wildman–Crippen LogP) is -0.531. The molecule has 1 rings (SSSR count). The molecule has 0 saturated heterocycles. The summed E-state index contributed by atoms with van der Waals surface area (Å²) >= 11 is 0. The number of sulfonamides is 1. The minimum atomic E-state index is -3.57. The molecule has 6 nitrogen and oxygen atoms in total. The van der Waals surface area contributed by atoms with Gasteiger partial charge in [-0.3, -0.25) is 4.31 Å². The van der Waals surface area contributed by atoms with Crippen molar-refractivity contribution >= 4 is 40.9 Å². The van der Waals surface area contributed by atoms with E-state index in [1.807, 2.05) is 0 Å². The van der Waals surface area contributed by atoms with Crippen LogP contribution >= 0.6 is 12.4 Å². The highest BCUT2D eigenvalue weighted by molar-refractivity contribution is 7.92. The third kappa shape index (κ3) is 4.82. The zero-order chi connectivity index (χ0) is 12.3. The van der Waals surface area contributed by atoms with E-state index in [4.69, 9.17) is 15.8 Å². The Kier molecular flexibility index (Phi) is 5.76. The molecule has 0 spiro atoms. The highest BCUT2D eigenvalue weighted by atomic mass is 35.5. The number of nitrogens with two attached hydrogens (primary N) is 1. The molecular weight excluding hydrogens is 266 g/mol. The molecule has 0 saturated carbocycles. The van der Waals surface area contributed by atoms with Gasteiger partial charge >= 0.3 is 7.12 Å². The molecule has 9 heteroatoms. The van der Waals surface area contributed by atoms with E-state index in [1.165, 1.54) is 12.1 Å². The minimum Gasteiger partial charge on any atom is -0.426 e. The van der Waals surface area contributed by atoms with E-state index >= 15 is 0 Å². The number of halogens is 1. The third-order valence-corrected chi connectivity index (χ3v) is 3.05. The first-order chi connectivity index (χ1) is 7.30. The Morgan fingerprint density at radius 1 is 1.41 bits per heavy atom. The van der Waals surface area contributed by atoms with Crippen LogP contribution in [0.25, 0.3) is 0 Å². The maximum absolute atomic E-state index is 11.4. The normalized spacial score (nSPS) is 10.5. The van der Waals surface area contributed by atoms with Gasteiger partial charge in [0.05, 0.1) is 18.4 Å². The molecule has 0 heterocycles. The van der Waals surface area contributed by atoms with Crippen LogP contribution in [0.4, 0.5) is 11.4 Å². The van der Waals surface area contributed by atoms with Gasteiger partial charge < -0.3 is 15.8 Å². The van der Waals surface area contributed by atoms with Crippen molar-refractivity contribution in [3.8, 4) is 0 Å². The first-order valence-electron chi connectivity index (χ1n) is 4.50. The minimum absolute atomic E-state index is 0. The average molecular weight is 281 g/mol. The molecule has 4 N–H and O–H groups in total. The topological polar surface area (TPSA) is 104 Å². The van der Waals surface area contributed by atoms with E-state index in [-0.39, 0.29) is 12.4 Å². The second-order valence-electron chi connectivity index (χ2n) is 3.37. The van der Waals surface area contributed by atoms with Crippen LogP contribution in [0, 0.1) is 0 Å². The van der Waals surface area contributed by atoms with Gasteiger partial charge in [0.15, 0.2) is 0 Å². The SMILES string of the molecule is CS(=O)(=O)N(CB(O)O)c1cccc(N)c1.Cl. The van der Waals surface area contributed by atoms with Crippen molar-refractivity contribution < 1.29 is 18.5 Å². The molecule has 0 aliphatic heterocycles. The lowest BCUT2D eigenvalue weighted by Crippen LogP contribution is -2.39. The molecule has 0 aromatic heterocycles. The summed E-state index contributed by atoms with van der Waals surface area (Å²) in [6, 6.07) is 6.18. The summed E-state index contributed by atoms with van der Waals surface area (Å²) in [6.45, 7) is 0. The van der Waals surface area contributed by atoms with Crippen molar-refractivity contribution in [1.82, 2.24) is 0 Å². The largest absolute Gasteiger partial charge is 0.473 e. The molecule has 0 radical (unpaired) electrons. The van der Waals surface area contributed by atoms with Gasteiger partial charge in [0.2, 0.25) is 10.0 Å². The molecular formula is C8H14BClN2O4S. The molecule has 0 fully saturated rings. The van der Waals surface area contributed by atoms with Gasteiger partial charge in [-0.1, -0.05) is 6.07 Å². The van der Waals surface area contributed by atoms with Crippen molar-refractivity contribution in [3.05, 3.63) is 24.3 Å². The van der Waals surface area contributed by atoms with Gasteiger partial charge in [-0.2, -0.15) is 0 Å². The molecule has 0 unspecified atom stereocenters. The Bertz CT molecular complexity index is 468. The van der Waals surface area contributed by atoms with E-state index in [2.05, 4.69) is 0 Å². The number of hydrogen-bond acceptors (Lipinski definition) is 5. The van der Waals surface area contributed by atoms with E-state index in [0.717, 1.165) is 10.6 Å². The first kappa shape index (κ1) is 16.0.